The van der Waals surface area contributed by atoms with Crippen molar-refractivity contribution >= 4 is 5.91 Å². The van der Waals surface area contributed by atoms with E-state index in [1.54, 1.807) is 20.3 Å². The van der Waals surface area contributed by atoms with Crippen molar-refractivity contribution in [3.8, 4) is 11.5 Å². The van der Waals surface area contributed by atoms with E-state index < -0.39 is 6.10 Å². The summed E-state index contributed by atoms with van der Waals surface area (Å²) in [4.78, 5) is 13.8. The summed E-state index contributed by atoms with van der Waals surface area (Å²) in [6.45, 7) is 5.02. The maximum absolute atomic E-state index is 11.9. The quantitative estimate of drug-likeness (QED) is 0.852. The molecule has 1 aliphatic rings. The molecule has 0 spiro atoms. The number of aliphatic hydroxyl groups is 1. The standard InChI is InChI=1S/C16H24N2O4/c1-10(2)17-15(20)9-18-7-11-13(21-3)5-6-14(22-4)16(11)12(19)8-18/h5-6,10,12,19H,7-9H2,1-4H3,(H,17,20). The van der Waals surface area contributed by atoms with Crippen LogP contribution in [0.1, 0.15) is 31.1 Å². The van der Waals surface area contributed by atoms with E-state index in [4.69, 9.17) is 9.47 Å². The third-order valence-electron chi connectivity index (χ3n) is 3.68. The molecule has 2 rings (SSSR count). The molecule has 1 aromatic rings. The highest BCUT2D eigenvalue weighted by atomic mass is 16.5. The van der Waals surface area contributed by atoms with Gasteiger partial charge in [0.05, 0.1) is 26.9 Å². The van der Waals surface area contributed by atoms with Gasteiger partial charge in [-0.3, -0.25) is 9.69 Å². The minimum atomic E-state index is -0.708. The van der Waals surface area contributed by atoms with Crippen LogP contribution in [0.15, 0.2) is 12.1 Å². The van der Waals surface area contributed by atoms with Crippen LogP contribution in [0.2, 0.25) is 0 Å². The third kappa shape index (κ3) is 3.51. The highest BCUT2D eigenvalue weighted by Gasteiger charge is 2.30. The zero-order valence-electron chi connectivity index (χ0n) is 13.5. The van der Waals surface area contributed by atoms with E-state index in [1.807, 2.05) is 24.8 Å². The molecule has 1 heterocycles. The average Bonchev–Trinajstić information content (AvgIpc) is 2.45. The Morgan fingerprint density at radius 3 is 2.59 bits per heavy atom. The molecule has 0 radical (unpaired) electrons. The van der Waals surface area contributed by atoms with Crippen molar-refractivity contribution in [2.45, 2.75) is 32.5 Å². The minimum Gasteiger partial charge on any atom is -0.496 e. The second kappa shape index (κ2) is 6.98. The SMILES string of the molecule is COc1ccc(OC)c2c1CN(CC(=O)NC(C)C)CC2O. The van der Waals surface area contributed by atoms with Crippen LogP contribution in [-0.2, 0) is 11.3 Å². The molecule has 0 aliphatic carbocycles. The molecular weight excluding hydrogens is 284 g/mol. The first-order valence-electron chi connectivity index (χ1n) is 7.39. The second-order valence-electron chi connectivity index (χ2n) is 5.77. The van der Waals surface area contributed by atoms with E-state index in [1.165, 1.54) is 0 Å². The Bertz CT molecular complexity index is 545. The molecule has 0 saturated heterocycles. The van der Waals surface area contributed by atoms with Gasteiger partial charge in [0.1, 0.15) is 11.5 Å². The van der Waals surface area contributed by atoms with Crippen LogP contribution in [-0.4, -0.2) is 49.3 Å². The van der Waals surface area contributed by atoms with Crippen molar-refractivity contribution in [3.63, 3.8) is 0 Å². The van der Waals surface area contributed by atoms with Gasteiger partial charge in [0, 0.05) is 30.3 Å². The molecule has 1 atom stereocenters. The van der Waals surface area contributed by atoms with Gasteiger partial charge in [-0.1, -0.05) is 0 Å². The average molecular weight is 308 g/mol. The summed E-state index contributed by atoms with van der Waals surface area (Å²) in [5, 5.41) is 13.3. The predicted octanol–water partition coefficient (Wildman–Crippen LogP) is 1.08. The highest BCUT2D eigenvalue weighted by Crippen LogP contribution is 2.39. The molecular formula is C16H24N2O4. The van der Waals surface area contributed by atoms with Crippen LogP contribution < -0.4 is 14.8 Å². The monoisotopic (exact) mass is 308 g/mol. The lowest BCUT2D eigenvalue weighted by atomic mass is 9.95. The maximum atomic E-state index is 11.9. The number of nitrogens with zero attached hydrogens (tertiary/aromatic N) is 1. The first-order chi connectivity index (χ1) is 10.5. The van der Waals surface area contributed by atoms with Gasteiger partial charge in [0.2, 0.25) is 5.91 Å². The van der Waals surface area contributed by atoms with Gasteiger partial charge in [-0.15, -0.1) is 0 Å². The van der Waals surface area contributed by atoms with E-state index in [0.29, 0.717) is 24.6 Å². The summed E-state index contributed by atoms with van der Waals surface area (Å²) in [6, 6.07) is 3.72. The molecule has 1 unspecified atom stereocenters. The van der Waals surface area contributed by atoms with E-state index in [-0.39, 0.29) is 18.5 Å². The maximum Gasteiger partial charge on any atom is 0.234 e. The number of benzene rings is 1. The number of rotatable bonds is 5. The molecule has 1 aromatic carbocycles. The fraction of sp³-hybridized carbons (Fsp3) is 0.562. The highest BCUT2D eigenvalue weighted by molar-refractivity contribution is 5.78. The molecule has 6 nitrogen and oxygen atoms in total. The Labute approximate surface area is 131 Å². The number of hydrogen-bond donors (Lipinski definition) is 2. The topological polar surface area (TPSA) is 71.0 Å². The number of β-amino-alcohol motifs (C(OH)–C–C–N with tert-alkyl or cyclic N) is 1. The Hall–Kier alpha value is -1.79. The molecule has 122 valence electrons. The Balaban J connectivity index is 2.23. The van der Waals surface area contributed by atoms with Gasteiger partial charge < -0.3 is 19.9 Å². The number of carbonyl (C=O) groups excluding carboxylic acids is 1. The summed E-state index contributed by atoms with van der Waals surface area (Å²) in [5.41, 5.74) is 1.63. The van der Waals surface area contributed by atoms with Crippen molar-refractivity contribution < 1.29 is 19.4 Å². The molecule has 0 fully saturated rings. The summed E-state index contributed by atoms with van der Waals surface area (Å²) in [7, 11) is 3.18. The first kappa shape index (κ1) is 16.6. The van der Waals surface area contributed by atoms with Gasteiger partial charge in [0.25, 0.3) is 0 Å². The Morgan fingerprint density at radius 1 is 1.36 bits per heavy atom. The molecule has 1 aliphatic heterocycles. The fourth-order valence-electron chi connectivity index (χ4n) is 2.84. The van der Waals surface area contributed by atoms with Crippen LogP contribution in [0.3, 0.4) is 0 Å². The van der Waals surface area contributed by atoms with Gasteiger partial charge in [-0.2, -0.15) is 0 Å². The number of carbonyl (C=O) groups is 1. The number of fused-ring (bicyclic) bond motifs is 1. The van der Waals surface area contributed by atoms with E-state index in [2.05, 4.69) is 5.32 Å². The van der Waals surface area contributed by atoms with Crippen molar-refractivity contribution in [1.29, 1.82) is 0 Å². The zero-order chi connectivity index (χ0) is 16.3. The molecule has 6 heteroatoms. The van der Waals surface area contributed by atoms with Crippen molar-refractivity contribution in [3.05, 3.63) is 23.3 Å². The Kier molecular flexibility index (Phi) is 5.26. The van der Waals surface area contributed by atoms with Gasteiger partial charge in [-0.25, -0.2) is 0 Å². The lowest BCUT2D eigenvalue weighted by Crippen LogP contribution is -2.43. The number of ether oxygens (including phenoxy) is 2. The van der Waals surface area contributed by atoms with Crippen molar-refractivity contribution in [1.82, 2.24) is 10.2 Å². The normalized spacial score (nSPS) is 18.0. The van der Waals surface area contributed by atoms with Crippen LogP contribution in [0, 0.1) is 0 Å². The van der Waals surface area contributed by atoms with Crippen LogP contribution >= 0.6 is 0 Å². The Morgan fingerprint density at radius 2 is 2.00 bits per heavy atom. The smallest absolute Gasteiger partial charge is 0.234 e. The lowest BCUT2D eigenvalue weighted by molar-refractivity contribution is -0.123. The van der Waals surface area contributed by atoms with Gasteiger partial charge in [0.15, 0.2) is 0 Å². The molecule has 2 N–H and O–H groups in total. The van der Waals surface area contributed by atoms with Crippen LogP contribution in [0.4, 0.5) is 0 Å². The number of methoxy groups -OCH3 is 2. The number of hydrogen-bond acceptors (Lipinski definition) is 5. The van der Waals surface area contributed by atoms with Crippen molar-refractivity contribution in [2.24, 2.45) is 0 Å². The summed E-state index contributed by atoms with van der Waals surface area (Å²) < 4.78 is 10.7. The molecule has 22 heavy (non-hydrogen) atoms. The lowest BCUT2D eigenvalue weighted by Gasteiger charge is -2.33. The number of amides is 1. The van der Waals surface area contributed by atoms with Gasteiger partial charge in [-0.05, 0) is 26.0 Å². The van der Waals surface area contributed by atoms with Gasteiger partial charge >= 0.3 is 0 Å². The first-order valence-corrected chi connectivity index (χ1v) is 7.39. The van der Waals surface area contributed by atoms with Crippen molar-refractivity contribution in [2.75, 3.05) is 27.3 Å². The van der Waals surface area contributed by atoms with E-state index in [0.717, 1.165) is 11.1 Å². The number of nitrogens with one attached hydrogen (secondary N) is 1. The zero-order valence-corrected chi connectivity index (χ0v) is 13.5. The third-order valence-corrected chi connectivity index (χ3v) is 3.68. The largest absolute Gasteiger partial charge is 0.496 e. The summed E-state index contributed by atoms with van der Waals surface area (Å²) in [5.74, 6) is 1.30. The molecule has 0 bridgehead atoms. The predicted molar refractivity (Wildman–Crippen MR) is 83.1 cm³/mol. The fourth-order valence-corrected chi connectivity index (χ4v) is 2.84. The molecule has 0 aromatic heterocycles. The second-order valence-corrected chi connectivity index (χ2v) is 5.77. The van der Waals surface area contributed by atoms with E-state index >= 15 is 0 Å². The molecule has 1 amide bonds. The minimum absolute atomic E-state index is 0.0486. The summed E-state index contributed by atoms with van der Waals surface area (Å²) >= 11 is 0. The number of aliphatic hydroxyl groups excluding tert-OH is 1. The molecule has 0 saturated carbocycles. The summed E-state index contributed by atoms with van der Waals surface area (Å²) in [6.07, 6.45) is -0.708. The van der Waals surface area contributed by atoms with Crippen LogP contribution in [0.25, 0.3) is 0 Å². The van der Waals surface area contributed by atoms with Crippen LogP contribution in [0.5, 0.6) is 11.5 Å². The van der Waals surface area contributed by atoms with E-state index in [9.17, 15) is 9.90 Å².